The van der Waals surface area contributed by atoms with Gasteiger partial charge in [0.25, 0.3) is 5.91 Å². The maximum absolute atomic E-state index is 12.7. The van der Waals surface area contributed by atoms with Gasteiger partial charge in [-0.1, -0.05) is 36.7 Å². The van der Waals surface area contributed by atoms with Crippen LogP contribution in [0.1, 0.15) is 23.7 Å². The number of nitrogens with one attached hydrogen (secondary N) is 1. The summed E-state index contributed by atoms with van der Waals surface area (Å²) >= 11 is 6.35. The van der Waals surface area contributed by atoms with E-state index in [4.69, 9.17) is 20.8 Å². The van der Waals surface area contributed by atoms with Crippen LogP contribution in [0.2, 0.25) is 5.02 Å². The lowest BCUT2D eigenvalue weighted by molar-refractivity contribution is 0.102. The van der Waals surface area contributed by atoms with E-state index in [0.717, 1.165) is 11.9 Å². The number of aromatic nitrogens is 1. The van der Waals surface area contributed by atoms with Gasteiger partial charge >= 0.3 is 0 Å². The maximum Gasteiger partial charge on any atom is 0.255 e. The molecule has 0 unspecified atom stereocenters. The zero-order valence-corrected chi connectivity index (χ0v) is 16.6. The highest BCUT2D eigenvalue weighted by Gasteiger charge is 2.14. The number of carbonyl (C=O) groups excluding carboxylic acids is 1. The topological polar surface area (TPSA) is 64.4 Å². The number of amides is 1. The fourth-order valence-corrected chi connectivity index (χ4v) is 3.10. The molecule has 0 bridgehead atoms. The zero-order valence-electron chi connectivity index (χ0n) is 15.8. The highest BCUT2D eigenvalue weighted by Crippen LogP contribution is 2.32. The molecule has 146 valence electrons. The van der Waals surface area contributed by atoms with Crippen LogP contribution in [-0.2, 0) is 0 Å². The van der Waals surface area contributed by atoms with Crippen molar-refractivity contribution >= 4 is 34.3 Å². The molecule has 4 aromatic rings. The number of nitrogens with zero attached hydrogens (tertiary/aromatic N) is 1. The van der Waals surface area contributed by atoms with Crippen LogP contribution in [-0.4, -0.2) is 17.5 Å². The number of hydrogen-bond acceptors (Lipinski definition) is 4. The Hall–Kier alpha value is -3.31. The standard InChI is InChI=1S/C23H19ClN2O3/c1-2-12-28-17-7-5-6-15(13-17)22(27)25-16-10-11-19(24)18(14-16)23-26-20-8-3-4-9-21(20)29-23/h3-11,13-14H,2,12H2,1H3,(H,25,27). The van der Waals surface area contributed by atoms with Gasteiger partial charge < -0.3 is 14.5 Å². The Balaban J connectivity index is 1.58. The monoisotopic (exact) mass is 406 g/mol. The number of fused-ring (bicyclic) bond motifs is 1. The third kappa shape index (κ3) is 4.25. The summed E-state index contributed by atoms with van der Waals surface area (Å²) in [5, 5.41) is 3.38. The molecule has 0 fully saturated rings. The van der Waals surface area contributed by atoms with Crippen molar-refractivity contribution in [2.75, 3.05) is 11.9 Å². The van der Waals surface area contributed by atoms with Gasteiger partial charge in [0.15, 0.2) is 5.58 Å². The molecule has 0 saturated heterocycles. The van der Waals surface area contributed by atoms with E-state index in [0.29, 0.717) is 45.7 Å². The zero-order chi connectivity index (χ0) is 20.2. The maximum atomic E-state index is 12.7. The number of anilines is 1. The van der Waals surface area contributed by atoms with Crippen LogP contribution in [0, 0.1) is 0 Å². The molecule has 0 atom stereocenters. The Morgan fingerprint density at radius 2 is 1.97 bits per heavy atom. The van der Waals surface area contributed by atoms with Crippen LogP contribution >= 0.6 is 11.6 Å². The van der Waals surface area contributed by atoms with Crippen molar-refractivity contribution < 1.29 is 13.9 Å². The van der Waals surface area contributed by atoms with E-state index in [9.17, 15) is 4.79 Å². The molecular formula is C23H19ClN2O3. The molecule has 0 spiro atoms. The molecule has 1 amide bonds. The average molecular weight is 407 g/mol. The number of oxazole rings is 1. The number of benzene rings is 3. The lowest BCUT2D eigenvalue weighted by Gasteiger charge is -2.09. The first-order chi connectivity index (χ1) is 14.1. The first-order valence-electron chi connectivity index (χ1n) is 9.34. The summed E-state index contributed by atoms with van der Waals surface area (Å²) in [5.74, 6) is 0.836. The predicted octanol–water partition coefficient (Wildman–Crippen LogP) is 6.19. The smallest absolute Gasteiger partial charge is 0.255 e. The van der Waals surface area contributed by atoms with Crippen LogP contribution in [0.15, 0.2) is 71.1 Å². The minimum atomic E-state index is -0.238. The van der Waals surface area contributed by atoms with Crippen molar-refractivity contribution in [2.45, 2.75) is 13.3 Å². The molecule has 4 rings (SSSR count). The molecule has 0 aliphatic rings. The minimum Gasteiger partial charge on any atom is -0.494 e. The number of para-hydroxylation sites is 2. The van der Waals surface area contributed by atoms with Crippen molar-refractivity contribution in [3.05, 3.63) is 77.3 Å². The number of halogens is 1. The third-order valence-corrected chi connectivity index (χ3v) is 4.65. The number of rotatable bonds is 6. The van der Waals surface area contributed by atoms with Gasteiger partial charge in [0.1, 0.15) is 11.3 Å². The van der Waals surface area contributed by atoms with Gasteiger partial charge in [-0.25, -0.2) is 4.98 Å². The lowest BCUT2D eigenvalue weighted by atomic mass is 10.1. The summed E-state index contributed by atoms with van der Waals surface area (Å²) in [4.78, 5) is 17.2. The van der Waals surface area contributed by atoms with E-state index in [1.807, 2.05) is 37.3 Å². The quantitative estimate of drug-likeness (QED) is 0.414. The van der Waals surface area contributed by atoms with E-state index in [2.05, 4.69) is 10.3 Å². The molecule has 1 aromatic heterocycles. The van der Waals surface area contributed by atoms with Crippen molar-refractivity contribution in [1.82, 2.24) is 4.98 Å². The SMILES string of the molecule is CCCOc1cccc(C(=O)Nc2ccc(Cl)c(-c3nc4ccccc4o3)c2)c1. The van der Waals surface area contributed by atoms with E-state index < -0.39 is 0 Å². The summed E-state index contributed by atoms with van der Waals surface area (Å²) < 4.78 is 11.4. The van der Waals surface area contributed by atoms with Crippen LogP contribution in [0.5, 0.6) is 5.75 Å². The molecule has 3 aromatic carbocycles. The van der Waals surface area contributed by atoms with Gasteiger partial charge in [-0.05, 0) is 55.0 Å². The summed E-state index contributed by atoms with van der Waals surface area (Å²) in [5.41, 5.74) is 3.14. The second kappa shape index (κ2) is 8.37. The number of ether oxygens (including phenoxy) is 1. The Labute approximate surface area is 173 Å². The van der Waals surface area contributed by atoms with E-state index in [-0.39, 0.29) is 5.91 Å². The van der Waals surface area contributed by atoms with Gasteiger partial charge in [0.2, 0.25) is 5.89 Å². The number of carbonyl (C=O) groups is 1. The summed E-state index contributed by atoms with van der Waals surface area (Å²) in [6.07, 6.45) is 0.903. The molecule has 1 N–H and O–H groups in total. The Morgan fingerprint density at radius 3 is 2.79 bits per heavy atom. The first-order valence-corrected chi connectivity index (χ1v) is 9.71. The Bertz CT molecular complexity index is 1140. The van der Waals surface area contributed by atoms with Crippen LogP contribution in [0.3, 0.4) is 0 Å². The van der Waals surface area contributed by atoms with Gasteiger partial charge in [0, 0.05) is 11.3 Å². The van der Waals surface area contributed by atoms with Gasteiger partial charge in [-0.2, -0.15) is 0 Å². The highest BCUT2D eigenvalue weighted by molar-refractivity contribution is 6.33. The first kappa shape index (κ1) is 19.0. The lowest BCUT2D eigenvalue weighted by Crippen LogP contribution is -2.12. The van der Waals surface area contributed by atoms with E-state index in [1.54, 1.807) is 36.4 Å². The van der Waals surface area contributed by atoms with Crippen molar-refractivity contribution in [3.8, 4) is 17.2 Å². The Morgan fingerprint density at radius 1 is 1.10 bits per heavy atom. The third-order valence-electron chi connectivity index (χ3n) is 4.32. The molecule has 1 heterocycles. The second-order valence-corrected chi connectivity index (χ2v) is 6.92. The van der Waals surface area contributed by atoms with Crippen LogP contribution in [0.4, 0.5) is 5.69 Å². The molecule has 6 heteroatoms. The molecular weight excluding hydrogens is 388 g/mol. The summed E-state index contributed by atoms with van der Waals surface area (Å²) in [6, 6.07) is 19.8. The molecule has 0 aliphatic heterocycles. The fraction of sp³-hybridized carbons (Fsp3) is 0.130. The number of hydrogen-bond donors (Lipinski definition) is 1. The largest absolute Gasteiger partial charge is 0.494 e. The van der Waals surface area contributed by atoms with Crippen LogP contribution in [0.25, 0.3) is 22.6 Å². The van der Waals surface area contributed by atoms with E-state index >= 15 is 0 Å². The predicted molar refractivity (Wildman–Crippen MR) is 115 cm³/mol. The van der Waals surface area contributed by atoms with Crippen molar-refractivity contribution in [1.29, 1.82) is 0 Å². The summed E-state index contributed by atoms with van der Waals surface area (Å²) in [6.45, 7) is 2.64. The van der Waals surface area contributed by atoms with Crippen molar-refractivity contribution in [3.63, 3.8) is 0 Å². The van der Waals surface area contributed by atoms with Gasteiger partial charge in [-0.3, -0.25) is 4.79 Å². The molecule has 5 nitrogen and oxygen atoms in total. The second-order valence-electron chi connectivity index (χ2n) is 6.51. The average Bonchev–Trinajstić information content (AvgIpc) is 3.18. The fourth-order valence-electron chi connectivity index (χ4n) is 2.90. The summed E-state index contributed by atoms with van der Waals surface area (Å²) in [7, 11) is 0. The molecule has 0 radical (unpaired) electrons. The minimum absolute atomic E-state index is 0.238. The van der Waals surface area contributed by atoms with Gasteiger partial charge in [0.05, 0.1) is 17.2 Å². The molecule has 0 saturated carbocycles. The van der Waals surface area contributed by atoms with Gasteiger partial charge in [-0.15, -0.1) is 0 Å². The Kier molecular flexibility index (Phi) is 5.49. The highest BCUT2D eigenvalue weighted by atomic mass is 35.5. The molecule has 29 heavy (non-hydrogen) atoms. The normalized spacial score (nSPS) is 10.8. The van der Waals surface area contributed by atoms with Crippen molar-refractivity contribution in [2.24, 2.45) is 0 Å². The van der Waals surface area contributed by atoms with Crippen LogP contribution < -0.4 is 10.1 Å². The molecule has 0 aliphatic carbocycles. The van der Waals surface area contributed by atoms with E-state index in [1.165, 1.54) is 0 Å².